The molecule has 1 atom stereocenters. The van der Waals surface area contributed by atoms with E-state index in [9.17, 15) is 19.1 Å². The average molecular weight is 465 g/mol. The second-order valence-electron chi connectivity index (χ2n) is 7.91. The van der Waals surface area contributed by atoms with Gasteiger partial charge in [-0.25, -0.2) is 9.18 Å². The molecule has 5 nitrogen and oxygen atoms in total. The Bertz CT molecular complexity index is 1350. The van der Waals surface area contributed by atoms with Crippen LogP contribution in [-0.4, -0.2) is 22.0 Å². The molecule has 2 aromatic carbocycles. The zero-order chi connectivity index (χ0) is 23.7. The lowest BCUT2D eigenvalue weighted by atomic mass is 9.85. The lowest BCUT2D eigenvalue weighted by Gasteiger charge is -2.20. The van der Waals surface area contributed by atoms with Gasteiger partial charge in [0.25, 0.3) is 0 Å². The summed E-state index contributed by atoms with van der Waals surface area (Å²) in [6.45, 7) is 3.55. The van der Waals surface area contributed by atoms with Crippen molar-refractivity contribution in [2.75, 3.05) is 0 Å². The summed E-state index contributed by atoms with van der Waals surface area (Å²) in [6, 6.07) is 11.6. The van der Waals surface area contributed by atoms with E-state index in [4.69, 9.17) is 9.84 Å². The molecule has 0 radical (unpaired) electrons. The normalized spacial score (nSPS) is 16.3. The van der Waals surface area contributed by atoms with Crippen molar-refractivity contribution in [2.24, 2.45) is 5.92 Å². The van der Waals surface area contributed by atoms with Crippen LogP contribution in [0.3, 0.4) is 0 Å². The summed E-state index contributed by atoms with van der Waals surface area (Å²) in [6.07, 6.45) is 4.09. The van der Waals surface area contributed by atoms with E-state index in [0.29, 0.717) is 43.2 Å². The molecule has 7 heteroatoms. The van der Waals surface area contributed by atoms with Crippen molar-refractivity contribution in [1.29, 1.82) is 0 Å². The van der Waals surface area contributed by atoms with E-state index in [0.717, 1.165) is 6.08 Å². The van der Waals surface area contributed by atoms with Crippen molar-refractivity contribution >= 4 is 39.3 Å². The van der Waals surface area contributed by atoms with Crippen LogP contribution in [0, 0.1) is 5.92 Å². The SMILES string of the molecule is CC1=C(C(=O)c2sc3cc(O)ccc3c2Oc2ccc(/C=C/C(=O)O)cc2)C(C)CC(F)=C1. The van der Waals surface area contributed by atoms with Crippen molar-refractivity contribution in [3.05, 3.63) is 82.0 Å². The van der Waals surface area contributed by atoms with Gasteiger partial charge in [0, 0.05) is 28.2 Å². The summed E-state index contributed by atoms with van der Waals surface area (Å²) in [4.78, 5) is 24.7. The van der Waals surface area contributed by atoms with Crippen LogP contribution >= 0.6 is 11.3 Å². The predicted molar refractivity (Wildman–Crippen MR) is 127 cm³/mol. The number of carboxylic acid groups (broad SMARTS) is 1. The highest BCUT2D eigenvalue weighted by Gasteiger charge is 2.30. The van der Waals surface area contributed by atoms with Gasteiger partial charge in [-0.2, -0.15) is 0 Å². The molecule has 0 amide bonds. The summed E-state index contributed by atoms with van der Waals surface area (Å²) in [5.41, 5.74) is 1.83. The zero-order valence-corrected chi connectivity index (χ0v) is 18.8. The molecule has 0 aliphatic heterocycles. The Kier molecular flexibility index (Phi) is 6.16. The summed E-state index contributed by atoms with van der Waals surface area (Å²) in [5.74, 6) is -0.854. The average Bonchev–Trinajstić information content (AvgIpc) is 3.09. The number of phenolic OH excluding ortho intramolecular Hbond substituents is 1. The summed E-state index contributed by atoms with van der Waals surface area (Å²) < 4.78 is 20.7. The van der Waals surface area contributed by atoms with E-state index in [1.54, 1.807) is 43.3 Å². The molecule has 1 aliphatic rings. The fourth-order valence-electron chi connectivity index (χ4n) is 3.92. The van der Waals surface area contributed by atoms with Gasteiger partial charge in [-0.3, -0.25) is 4.79 Å². The fraction of sp³-hybridized carbons (Fsp3) is 0.154. The van der Waals surface area contributed by atoms with Gasteiger partial charge in [0.1, 0.15) is 22.2 Å². The number of carbonyl (C=O) groups excluding carboxylic acids is 1. The minimum absolute atomic E-state index is 0.0790. The molecule has 1 aromatic heterocycles. The number of carbonyl (C=O) groups is 2. The van der Waals surface area contributed by atoms with Crippen molar-refractivity contribution in [3.63, 3.8) is 0 Å². The Balaban J connectivity index is 1.76. The van der Waals surface area contributed by atoms with E-state index in [1.807, 2.05) is 6.92 Å². The number of fused-ring (bicyclic) bond motifs is 1. The molecule has 0 fully saturated rings. The second-order valence-corrected chi connectivity index (χ2v) is 8.96. The monoisotopic (exact) mass is 464 g/mol. The summed E-state index contributed by atoms with van der Waals surface area (Å²) >= 11 is 1.22. The smallest absolute Gasteiger partial charge is 0.328 e. The molecule has 4 rings (SSSR count). The van der Waals surface area contributed by atoms with Crippen LogP contribution in [-0.2, 0) is 4.79 Å². The van der Waals surface area contributed by atoms with Crippen LogP contribution < -0.4 is 4.74 Å². The topological polar surface area (TPSA) is 83.8 Å². The fourth-order valence-corrected chi connectivity index (χ4v) is 5.04. The largest absolute Gasteiger partial charge is 0.508 e. The molecule has 0 saturated heterocycles. The number of benzene rings is 2. The number of allylic oxidation sites excluding steroid dienone is 4. The number of carboxylic acids is 1. The molecule has 1 unspecified atom stereocenters. The second kappa shape index (κ2) is 9.03. The van der Waals surface area contributed by atoms with Gasteiger partial charge in [-0.1, -0.05) is 19.1 Å². The Morgan fingerprint density at radius 1 is 1.18 bits per heavy atom. The predicted octanol–water partition coefficient (Wildman–Crippen LogP) is 6.89. The van der Waals surface area contributed by atoms with E-state index in [2.05, 4.69) is 0 Å². The lowest BCUT2D eigenvalue weighted by molar-refractivity contribution is -0.131. The Labute approximate surface area is 193 Å². The van der Waals surface area contributed by atoms with Crippen LogP contribution in [0.1, 0.15) is 35.5 Å². The molecular formula is C26H21FO5S. The molecular weight excluding hydrogens is 443 g/mol. The highest BCUT2D eigenvalue weighted by atomic mass is 32.1. The molecule has 0 saturated carbocycles. The number of phenols is 1. The number of halogens is 1. The van der Waals surface area contributed by atoms with Gasteiger partial charge in [0.2, 0.25) is 5.78 Å². The van der Waals surface area contributed by atoms with E-state index in [-0.39, 0.29) is 29.7 Å². The minimum Gasteiger partial charge on any atom is -0.508 e. The third-order valence-corrected chi connectivity index (χ3v) is 6.52. The zero-order valence-electron chi connectivity index (χ0n) is 18.0. The maximum absolute atomic E-state index is 13.9. The Morgan fingerprint density at radius 2 is 1.91 bits per heavy atom. The number of aliphatic carboxylic acids is 1. The molecule has 2 N–H and O–H groups in total. The van der Waals surface area contributed by atoms with Gasteiger partial charge in [-0.05, 0) is 66.5 Å². The van der Waals surface area contributed by atoms with Gasteiger partial charge in [0.05, 0.1) is 0 Å². The van der Waals surface area contributed by atoms with E-state index < -0.39 is 5.97 Å². The van der Waals surface area contributed by atoms with Crippen molar-refractivity contribution in [2.45, 2.75) is 20.3 Å². The number of ether oxygens (including phenoxy) is 1. The van der Waals surface area contributed by atoms with Crippen LogP contribution in [0.25, 0.3) is 16.2 Å². The van der Waals surface area contributed by atoms with E-state index in [1.165, 1.54) is 29.6 Å². The highest BCUT2D eigenvalue weighted by Crippen LogP contribution is 2.44. The van der Waals surface area contributed by atoms with Gasteiger partial charge in [-0.15, -0.1) is 11.3 Å². The standard InChI is InChI=1S/C26H21FO5S/c1-14-11-17(27)12-15(2)23(14)24(31)26-25(20-9-6-18(28)13-21(20)33-26)32-19-7-3-16(4-8-19)5-10-22(29)30/h3-11,13,15,28H,12H2,1-2H3,(H,29,30)/b10-5+. The maximum atomic E-state index is 13.9. The number of thiophene rings is 1. The molecule has 1 aliphatic carbocycles. The summed E-state index contributed by atoms with van der Waals surface area (Å²) in [5, 5.41) is 19.4. The number of ketones is 1. The van der Waals surface area contributed by atoms with Crippen molar-refractivity contribution < 1.29 is 28.9 Å². The molecule has 0 bridgehead atoms. The number of Topliss-reactive ketones (excluding diaryl/α,β-unsaturated/α-hetero) is 1. The Morgan fingerprint density at radius 3 is 2.58 bits per heavy atom. The number of aromatic hydroxyl groups is 1. The quantitative estimate of drug-likeness (QED) is 0.307. The maximum Gasteiger partial charge on any atom is 0.328 e. The van der Waals surface area contributed by atoms with Crippen LogP contribution in [0.4, 0.5) is 4.39 Å². The van der Waals surface area contributed by atoms with Crippen LogP contribution in [0.5, 0.6) is 17.2 Å². The molecule has 3 aromatic rings. The lowest BCUT2D eigenvalue weighted by Crippen LogP contribution is -2.15. The third kappa shape index (κ3) is 4.73. The first kappa shape index (κ1) is 22.5. The molecule has 33 heavy (non-hydrogen) atoms. The first-order valence-electron chi connectivity index (χ1n) is 10.3. The van der Waals surface area contributed by atoms with Crippen molar-refractivity contribution in [1.82, 2.24) is 0 Å². The van der Waals surface area contributed by atoms with Crippen LogP contribution in [0.2, 0.25) is 0 Å². The minimum atomic E-state index is -1.04. The first-order valence-corrected chi connectivity index (χ1v) is 11.1. The molecule has 1 heterocycles. The first-order chi connectivity index (χ1) is 15.7. The Hall–Kier alpha value is -3.71. The third-order valence-electron chi connectivity index (χ3n) is 5.39. The molecule has 0 spiro atoms. The number of rotatable bonds is 6. The summed E-state index contributed by atoms with van der Waals surface area (Å²) in [7, 11) is 0. The van der Waals surface area contributed by atoms with E-state index >= 15 is 0 Å². The van der Waals surface area contributed by atoms with Crippen molar-refractivity contribution in [3.8, 4) is 17.2 Å². The number of hydrogen-bond donors (Lipinski definition) is 2. The van der Waals surface area contributed by atoms with Crippen LogP contribution in [0.15, 0.2) is 71.6 Å². The van der Waals surface area contributed by atoms with Gasteiger partial charge >= 0.3 is 5.97 Å². The van der Waals surface area contributed by atoms with Gasteiger partial charge in [0.15, 0.2) is 5.75 Å². The molecule has 168 valence electrons. The van der Waals surface area contributed by atoms with Gasteiger partial charge < -0.3 is 14.9 Å². The number of hydrogen-bond acceptors (Lipinski definition) is 5. The highest BCUT2D eigenvalue weighted by molar-refractivity contribution is 7.21.